The lowest BCUT2D eigenvalue weighted by Gasteiger charge is -2.14. The second kappa shape index (κ2) is 8.51. The molecule has 0 aliphatic rings. The number of hydrogen-bond donors (Lipinski definition) is 3. The molecule has 0 radical (unpaired) electrons. The zero-order valence-corrected chi connectivity index (χ0v) is 11.4. The average Bonchev–Trinajstić information content (AvgIpc) is 2.95. The summed E-state index contributed by atoms with van der Waals surface area (Å²) in [5.74, 6) is -1.34. The number of carbonyl (C=O) groups excluding carboxylic acids is 2. The summed E-state index contributed by atoms with van der Waals surface area (Å²) < 4.78 is 8.93. The molecule has 21 heavy (non-hydrogen) atoms. The maximum absolute atomic E-state index is 11.5. The minimum atomic E-state index is -1.23. The standard InChI is InChI=1S/C11H16N4O6/c1-20-9(16)3-2-7(10(17)18)14-11(19)12-5-4-8-13-6-21-15-8/h6-7H,2-5H2,1H3,(H,17,18)(H2,12,14,19)/t7-/m1/s1. The Morgan fingerprint density at radius 1 is 1.48 bits per heavy atom. The van der Waals surface area contributed by atoms with Crippen LogP contribution in [0.3, 0.4) is 0 Å². The van der Waals surface area contributed by atoms with Crippen LogP contribution in [0.5, 0.6) is 0 Å². The van der Waals surface area contributed by atoms with E-state index in [4.69, 9.17) is 5.11 Å². The molecule has 0 saturated carbocycles. The number of rotatable bonds is 8. The van der Waals surface area contributed by atoms with Crippen LogP contribution in [0, 0.1) is 0 Å². The topological polar surface area (TPSA) is 144 Å². The van der Waals surface area contributed by atoms with Crippen molar-refractivity contribution in [1.82, 2.24) is 20.8 Å². The summed E-state index contributed by atoms with van der Waals surface area (Å²) in [5, 5.41) is 17.2. The zero-order valence-electron chi connectivity index (χ0n) is 11.4. The Labute approximate surface area is 119 Å². The van der Waals surface area contributed by atoms with E-state index in [-0.39, 0.29) is 19.4 Å². The van der Waals surface area contributed by atoms with E-state index in [1.165, 1.54) is 13.5 Å². The fraction of sp³-hybridized carbons (Fsp3) is 0.545. The molecule has 10 nitrogen and oxygen atoms in total. The molecule has 0 aromatic carbocycles. The van der Waals surface area contributed by atoms with Crippen molar-refractivity contribution in [1.29, 1.82) is 0 Å². The number of urea groups is 1. The van der Waals surface area contributed by atoms with Crippen LogP contribution in [-0.4, -0.2) is 52.9 Å². The number of amides is 2. The van der Waals surface area contributed by atoms with Crippen LogP contribution >= 0.6 is 0 Å². The highest BCUT2D eigenvalue weighted by atomic mass is 16.5. The second-order valence-electron chi connectivity index (χ2n) is 4.00. The molecule has 116 valence electrons. The fourth-order valence-corrected chi connectivity index (χ4v) is 1.42. The largest absolute Gasteiger partial charge is 0.480 e. The van der Waals surface area contributed by atoms with Crippen molar-refractivity contribution in [2.75, 3.05) is 13.7 Å². The van der Waals surface area contributed by atoms with E-state index < -0.39 is 24.0 Å². The predicted octanol–water partition coefficient (Wildman–Crippen LogP) is -0.682. The Bertz CT molecular complexity index is 475. The Kier molecular flexibility index (Phi) is 6.65. The van der Waals surface area contributed by atoms with Crippen molar-refractivity contribution in [2.45, 2.75) is 25.3 Å². The number of aromatic nitrogens is 2. The van der Waals surface area contributed by atoms with Gasteiger partial charge in [0.2, 0.25) is 6.39 Å². The minimum Gasteiger partial charge on any atom is -0.480 e. The SMILES string of the molecule is COC(=O)CC[C@@H](NC(=O)NCCc1ncon1)C(=O)O. The summed E-state index contributed by atoms with van der Waals surface area (Å²) in [7, 11) is 1.20. The first-order valence-corrected chi connectivity index (χ1v) is 6.12. The van der Waals surface area contributed by atoms with Crippen LogP contribution in [0.1, 0.15) is 18.7 Å². The number of hydrogen-bond acceptors (Lipinski definition) is 7. The third kappa shape index (κ3) is 6.36. The van der Waals surface area contributed by atoms with Gasteiger partial charge in [-0.25, -0.2) is 9.59 Å². The quantitative estimate of drug-likeness (QED) is 0.535. The van der Waals surface area contributed by atoms with Crippen molar-refractivity contribution in [3.05, 3.63) is 12.2 Å². The van der Waals surface area contributed by atoms with E-state index in [0.717, 1.165) is 0 Å². The second-order valence-corrected chi connectivity index (χ2v) is 4.00. The van der Waals surface area contributed by atoms with Crippen molar-refractivity contribution in [3.8, 4) is 0 Å². The Hall–Kier alpha value is -2.65. The molecule has 0 bridgehead atoms. The molecule has 0 aliphatic heterocycles. The molecule has 0 spiro atoms. The Balaban J connectivity index is 2.31. The maximum Gasteiger partial charge on any atom is 0.326 e. The number of carboxylic acids is 1. The number of nitrogens with zero attached hydrogens (tertiary/aromatic N) is 2. The van der Waals surface area contributed by atoms with Gasteiger partial charge in [0.25, 0.3) is 0 Å². The van der Waals surface area contributed by atoms with E-state index in [9.17, 15) is 14.4 Å². The van der Waals surface area contributed by atoms with E-state index >= 15 is 0 Å². The van der Waals surface area contributed by atoms with Gasteiger partial charge in [-0.2, -0.15) is 4.98 Å². The van der Waals surface area contributed by atoms with E-state index in [2.05, 4.69) is 30.0 Å². The monoisotopic (exact) mass is 300 g/mol. The summed E-state index contributed by atoms with van der Waals surface area (Å²) in [4.78, 5) is 37.2. The molecule has 1 rings (SSSR count). The van der Waals surface area contributed by atoms with Crippen molar-refractivity contribution < 1.29 is 28.8 Å². The number of esters is 1. The molecule has 1 atom stereocenters. The van der Waals surface area contributed by atoms with Gasteiger partial charge in [-0.1, -0.05) is 5.16 Å². The Morgan fingerprint density at radius 3 is 2.81 bits per heavy atom. The van der Waals surface area contributed by atoms with E-state index in [0.29, 0.717) is 12.2 Å². The van der Waals surface area contributed by atoms with Crippen LogP contribution in [-0.2, 0) is 20.7 Å². The molecule has 1 aromatic rings. The number of methoxy groups -OCH3 is 1. The van der Waals surface area contributed by atoms with Crippen LogP contribution < -0.4 is 10.6 Å². The highest BCUT2D eigenvalue weighted by Crippen LogP contribution is 1.99. The Morgan fingerprint density at radius 2 is 2.24 bits per heavy atom. The van der Waals surface area contributed by atoms with E-state index in [1.807, 2.05) is 0 Å². The van der Waals surface area contributed by atoms with Crippen LogP contribution in [0.25, 0.3) is 0 Å². The lowest BCUT2D eigenvalue weighted by atomic mass is 10.1. The zero-order chi connectivity index (χ0) is 15.7. The lowest BCUT2D eigenvalue weighted by Crippen LogP contribution is -2.46. The van der Waals surface area contributed by atoms with Crippen LogP contribution in [0.2, 0.25) is 0 Å². The normalized spacial score (nSPS) is 11.5. The number of carbonyl (C=O) groups is 3. The third-order valence-electron chi connectivity index (χ3n) is 2.51. The first-order chi connectivity index (χ1) is 10.0. The number of ether oxygens (including phenoxy) is 1. The first kappa shape index (κ1) is 16.4. The molecular weight excluding hydrogens is 284 g/mol. The van der Waals surface area contributed by atoms with Crippen molar-refractivity contribution in [2.24, 2.45) is 0 Å². The van der Waals surface area contributed by atoms with Gasteiger partial charge in [-0.3, -0.25) is 4.79 Å². The van der Waals surface area contributed by atoms with Gasteiger partial charge in [0.05, 0.1) is 7.11 Å². The van der Waals surface area contributed by atoms with Gasteiger partial charge >= 0.3 is 18.0 Å². The van der Waals surface area contributed by atoms with Gasteiger partial charge in [-0.05, 0) is 6.42 Å². The fourth-order valence-electron chi connectivity index (χ4n) is 1.42. The molecule has 3 N–H and O–H groups in total. The minimum absolute atomic E-state index is 0.0553. The smallest absolute Gasteiger partial charge is 0.326 e. The molecular formula is C11H16N4O6. The maximum atomic E-state index is 11.5. The average molecular weight is 300 g/mol. The highest BCUT2D eigenvalue weighted by Gasteiger charge is 2.21. The molecule has 0 saturated heterocycles. The summed E-state index contributed by atoms with van der Waals surface area (Å²) in [6.07, 6.45) is 1.36. The molecule has 10 heteroatoms. The summed E-state index contributed by atoms with van der Waals surface area (Å²) in [5.41, 5.74) is 0. The summed E-state index contributed by atoms with van der Waals surface area (Å²) in [6, 6.07) is -1.83. The van der Waals surface area contributed by atoms with Crippen LogP contribution in [0.4, 0.5) is 4.79 Å². The van der Waals surface area contributed by atoms with Gasteiger partial charge in [0, 0.05) is 19.4 Å². The molecule has 1 aromatic heterocycles. The highest BCUT2D eigenvalue weighted by molar-refractivity contribution is 5.83. The first-order valence-electron chi connectivity index (χ1n) is 6.12. The number of aliphatic carboxylic acids is 1. The van der Waals surface area contributed by atoms with Gasteiger partial charge in [0.1, 0.15) is 6.04 Å². The van der Waals surface area contributed by atoms with E-state index in [1.54, 1.807) is 0 Å². The molecule has 2 amide bonds. The molecule has 1 heterocycles. The van der Waals surface area contributed by atoms with Gasteiger partial charge < -0.3 is 25.0 Å². The number of carboxylic acid groups (broad SMARTS) is 1. The molecule has 0 fully saturated rings. The summed E-state index contributed by atoms with van der Waals surface area (Å²) in [6.45, 7) is 0.217. The van der Waals surface area contributed by atoms with Crippen molar-refractivity contribution in [3.63, 3.8) is 0 Å². The van der Waals surface area contributed by atoms with Gasteiger partial charge in [0.15, 0.2) is 5.82 Å². The molecule has 0 aliphatic carbocycles. The molecule has 0 unspecified atom stereocenters. The van der Waals surface area contributed by atoms with Gasteiger partial charge in [-0.15, -0.1) is 0 Å². The predicted molar refractivity (Wildman–Crippen MR) is 67.2 cm³/mol. The summed E-state index contributed by atoms with van der Waals surface area (Å²) >= 11 is 0. The number of nitrogens with one attached hydrogen (secondary N) is 2. The van der Waals surface area contributed by atoms with Crippen LogP contribution in [0.15, 0.2) is 10.9 Å². The van der Waals surface area contributed by atoms with Crippen molar-refractivity contribution >= 4 is 18.0 Å². The lowest BCUT2D eigenvalue weighted by molar-refractivity contribution is -0.142. The third-order valence-corrected chi connectivity index (χ3v) is 2.51.